The summed E-state index contributed by atoms with van der Waals surface area (Å²) < 4.78 is 10.9. The first-order valence-electron chi connectivity index (χ1n) is 11.4. The van der Waals surface area contributed by atoms with Crippen molar-refractivity contribution in [1.29, 1.82) is 0 Å². The fourth-order valence-electron chi connectivity index (χ4n) is 4.48. The Kier molecular flexibility index (Phi) is 5.35. The van der Waals surface area contributed by atoms with Gasteiger partial charge in [0.25, 0.3) is 11.7 Å². The van der Waals surface area contributed by atoms with E-state index in [0.29, 0.717) is 28.3 Å². The SMILES string of the molecule is Cc1ccc(C(C)(C)C)cc1/C(O)=C1\C(=O)C(=O)N(c2ccc3c(c2)OCO3)C1c1cccnc1. The Morgan fingerprint density at radius 3 is 2.54 bits per heavy atom. The van der Waals surface area contributed by atoms with Gasteiger partial charge in [-0.25, -0.2) is 0 Å². The lowest BCUT2D eigenvalue weighted by Gasteiger charge is -2.26. The number of carbonyl (C=O) groups is 2. The van der Waals surface area contributed by atoms with Crippen LogP contribution >= 0.6 is 0 Å². The number of nitrogens with zero attached hydrogens (tertiary/aromatic N) is 2. The van der Waals surface area contributed by atoms with E-state index in [0.717, 1.165) is 11.1 Å². The van der Waals surface area contributed by atoms with E-state index < -0.39 is 17.7 Å². The summed E-state index contributed by atoms with van der Waals surface area (Å²) in [6.45, 7) is 8.20. The van der Waals surface area contributed by atoms with Crippen molar-refractivity contribution in [2.24, 2.45) is 0 Å². The van der Waals surface area contributed by atoms with E-state index in [4.69, 9.17) is 9.47 Å². The maximum atomic E-state index is 13.4. The molecule has 5 rings (SSSR count). The highest BCUT2D eigenvalue weighted by Crippen LogP contribution is 2.45. The zero-order chi connectivity index (χ0) is 24.9. The van der Waals surface area contributed by atoms with Gasteiger partial charge in [-0.15, -0.1) is 0 Å². The van der Waals surface area contributed by atoms with Crippen LogP contribution in [0.4, 0.5) is 5.69 Å². The van der Waals surface area contributed by atoms with Crippen LogP contribution in [0.1, 0.15) is 49.1 Å². The quantitative estimate of drug-likeness (QED) is 0.328. The van der Waals surface area contributed by atoms with Gasteiger partial charge in [-0.3, -0.25) is 19.5 Å². The van der Waals surface area contributed by atoms with Crippen molar-refractivity contribution < 1.29 is 24.2 Å². The molecule has 7 heteroatoms. The second-order valence-electron chi connectivity index (χ2n) is 9.77. The average molecular weight is 471 g/mol. The van der Waals surface area contributed by atoms with E-state index in [1.165, 1.54) is 4.90 Å². The molecule has 0 saturated carbocycles. The van der Waals surface area contributed by atoms with Crippen LogP contribution in [0.3, 0.4) is 0 Å². The topological polar surface area (TPSA) is 89.0 Å². The summed E-state index contributed by atoms with van der Waals surface area (Å²) in [7, 11) is 0. The third kappa shape index (κ3) is 3.83. The molecule has 1 fully saturated rings. The number of pyridine rings is 1. The Balaban J connectivity index is 1.72. The standard InChI is InChI=1S/C28H26N2O5/c1-16-7-8-18(28(2,3)4)12-20(16)25(31)23-24(17-6-5-11-29-14-17)30(27(33)26(23)32)19-9-10-21-22(13-19)35-15-34-21/h5-14,24,31H,15H2,1-4H3/b25-23+. The number of aromatic nitrogens is 1. The van der Waals surface area contributed by atoms with E-state index in [1.54, 1.807) is 42.7 Å². The number of hydrogen-bond acceptors (Lipinski definition) is 6. The Bertz CT molecular complexity index is 1370. The molecule has 1 saturated heterocycles. The van der Waals surface area contributed by atoms with Gasteiger partial charge in [-0.2, -0.15) is 0 Å². The number of aliphatic hydroxyl groups excluding tert-OH is 1. The highest BCUT2D eigenvalue weighted by molar-refractivity contribution is 6.51. The first-order chi connectivity index (χ1) is 16.7. The first kappa shape index (κ1) is 22.7. The van der Waals surface area contributed by atoms with Gasteiger partial charge in [0.1, 0.15) is 5.76 Å². The van der Waals surface area contributed by atoms with Crippen molar-refractivity contribution in [3.8, 4) is 11.5 Å². The van der Waals surface area contributed by atoms with Gasteiger partial charge >= 0.3 is 0 Å². The molecular weight excluding hydrogens is 444 g/mol. The second-order valence-corrected chi connectivity index (χ2v) is 9.77. The van der Waals surface area contributed by atoms with Gasteiger partial charge in [0.2, 0.25) is 6.79 Å². The molecule has 3 heterocycles. The maximum Gasteiger partial charge on any atom is 0.300 e. The summed E-state index contributed by atoms with van der Waals surface area (Å²) in [5.74, 6) is -0.636. The number of benzene rings is 2. The number of ether oxygens (including phenoxy) is 2. The number of carbonyl (C=O) groups excluding carboxylic acids is 2. The molecule has 35 heavy (non-hydrogen) atoms. The molecule has 0 aliphatic carbocycles. The van der Waals surface area contributed by atoms with Crippen LogP contribution in [-0.2, 0) is 15.0 Å². The lowest BCUT2D eigenvalue weighted by Crippen LogP contribution is -2.29. The molecule has 2 aliphatic rings. The van der Waals surface area contributed by atoms with Crippen LogP contribution in [0.25, 0.3) is 5.76 Å². The molecule has 0 radical (unpaired) electrons. The molecule has 2 aliphatic heterocycles. The van der Waals surface area contributed by atoms with E-state index in [2.05, 4.69) is 25.8 Å². The summed E-state index contributed by atoms with van der Waals surface area (Å²) in [6, 6.07) is 13.6. The Morgan fingerprint density at radius 1 is 1.06 bits per heavy atom. The number of Topliss-reactive ketones (excluding diaryl/α,β-unsaturated/α-hetero) is 1. The number of anilines is 1. The van der Waals surface area contributed by atoms with E-state index >= 15 is 0 Å². The average Bonchev–Trinajstić information content (AvgIpc) is 3.40. The molecule has 1 amide bonds. The first-order valence-corrected chi connectivity index (χ1v) is 11.4. The highest BCUT2D eigenvalue weighted by Gasteiger charge is 2.47. The lowest BCUT2D eigenvalue weighted by atomic mass is 9.84. The smallest absolute Gasteiger partial charge is 0.300 e. The third-order valence-electron chi connectivity index (χ3n) is 6.44. The summed E-state index contributed by atoms with van der Waals surface area (Å²) in [4.78, 5) is 32.4. The Hall–Kier alpha value is -4.13. The van der Waals surface area contributed by atoms with E-state index in [1.807, 2.05) is 25.1 Å². The second kappa shape index (κ2) is 8.27. The van der Waals surface area contributed by atoms with Gasteiger partial charge < -0.3 is 14.6 Å². The Labute approximate surface area is 203 Å². The molecule has 3 aromatic rings. The molecule has 1 N–H and O–H groups in total. The molecular formula is C28H26N2O5. The molecule has 1 aromatic heterocycles. The highest BCUT2D eigenvalue weighted by atomic mass is 16.7. The number of ketones is 1. The van der Waals surface area contributed by atoms with Crippen LogP contribution in [-0.4, -0.2) is 28.6 Å². The van der Waals surface area contributed by atoms with Crippen LogP contribution in [0, 0.1) is 6.92 Å². The van der Waals surface area contributed by atoms with Crippen molar-refractivity contribution >= 4 is 23.1 Å². The largest absolute Gasteiger partial charge is 0.507 e. The van der Waals surface area contributed by atoms with Gasteiger partial charge in [-0.1, -0.05) is 39.0 Å². The van der Waals surface area contributed by atoms with Crippen LogP contribution < -0.4 is 14.4 Å². The summed E-state index contributed by atoms with van der Waals surface area (Å²) in [5, 5.41) is 11.5. The summed E-state index contributed by atoms with van der Waals surface area (Å²) in [6.07, 6.45) is 3.22. The molecule has 1 atom stereocenters. The van der Waals surface area contributed by atoms with Crippen molar-refractivity contribution in [3.63, 3.8) is 0 Å². The molecule has 0 bridgehead atoms. The van der Waals surface area contributed by atoms with Crippen LogP contribution in [0.15, 0.2) is 66.5 Å². The fraction of sp³-hybridized carbons (Fsp3) is 0.250. The van der Waals surface area contributed by atoms with E-state index in [-0.39, 0.29) is 23.5 Å². The molecule has 178 valence electrons. The normalized spacial score (nSPS) is 18.9. The minimum absolute atomic E-state index is 0.0230. The zero-order valence-electron chi connectivity index (χ0n) is 20.0. The minimum atomic E-state index is -0.859. The molecule has 7 nitrogen and oxygen atoms in total. The minimum Gasteiger partial charge on any atom is -0.507 e. The maximum absolute atomic E-state index is 13.4. The number of aryl methyl sites for hydroxylation is 1. The summed E-state index contributed by atoms with van der Waals surface area (Å²) in [5.41, 5.74) is 3.26. The van der Waals surface area contributed by atoms with Crippen molar-refractivity contribution in [1.82, 2.24) is 4.98 Å². The number of amides is 1. The molecule has 1 unspecified atom stereocenters. The van der Waals surface area contributed by atoms with Gasteiger partial charge in [0.05, 0.1) is 11.6 Å². The van der Waals surface area contributed by atoms with Gasteiger partial charge in [-0.05, 0) is 53.3 Å². The predicted molar refractivity (Wildman–Crippen MR) is 131 cm³/mol. The summed E-state index contributed by atoms with van der Waals surface area (Å²) >= 11 is 0. The van der Waals surface area contributed by atoms with Gasteiger partial charge in [0.15, 0.2) is 11.5 Å². The number of rotatable bonds is 3. The van der Waals surface area contributed by atoms with Crippen molar-refractivity contribution in [2.75, 3.05) is 11.7 Å². The number of hydrogen-bond donors (Lipinski definition) is 1. The van der Waals surface area contributed by atoms with Crippen LogP contribution in [0.2, 0.25) is 0 Å². The number of fused-ring (bicyclic) bond motifs is 1. The number of aliphatic hydroxyl groups is 1. The predicted octanol–water partition coefficient (Wildman–Crippen LogP) is 5.04. The van der Waals surface area contributed by atoms with Crippen LogP contribution in [0.5, 0.6) is 11.5 Å². The zero-order valence-corrected chi connectivity index (χ0v) is 20.0. The third-order valence-corrected chi connectivity index (χ3v) is 6.44. The van der Waals surface area contributed by atoms with Crippen molar-refractivity contribution in [2.45, 2.75) is 39.2 Å². The lowest BCUT2D eigenvalue weighted by molar-refractivity contribution is -0.132. The monoisotopic (exact) mass is 470 g/mol. The van der Waals surface area contributed by atoms with Crippen molar-refractivity contribution in [3.05, 3.63) is 88.8 Å². The van der Waals surface area contributed by atoms with Gasteiger partial charge in [0, 0.05) is 29.7 Å². The Morgan fingerprint density at radius 2 is 1.83 bits per heavy atom. The van der Waals surface area contributed by atoms with E-state index in [9.17, 15) is 14.7 Å². The molecule has 0 spiro atoms. The fourth-order valence-corrected chi connectivity index (χ4v) is 4.48. The molecule has 2 aromatic carbocycles.